The summed E-state index contributed by atoms with van der Waals surface area (Å²) >= 11 is 0. The second kappa shape index (κ2) is 47.8. The van der Waals surface area contributed by atoms with Crippen molar-refractivity contribution in [3.8, 4) is 0 Å². The van der Waals surface area contributed by atoms with E-state index in [4.69, 9.17) is 9.47 Å². The Morgan fingerprint density at radius 3 is 1.08 bits per heavy atom. The molecule has 1 aliphatic rings. The van der Waals surface area contributed by atoms with Crippen LogP contribution in [0.1, 0.15) is 303 Å². The fourth-order valence-corrected chi connectivity index (χ4v) is 9.81. The average molecular weight is 941 g/mol. The summed E-state index contributed by atoms with van der Waals surface area (Å²) in [7, 11) is 0. The minimum atomic E-state index is -1.55. The monoisotopic (exact) mass is 940 g/mol. The fraction of sp³-hybridized carbons (Fsp3) is 0.982. The van der Waals surface area contributed by atoms with E-state index in [0.29, 0.717) is 12.8 Å². The van der Waals surface area contributed by atoms with Gasteiger partial charge in [0.05, 0.1) is 25.4 Å². The molecule has 1 saturated heterocycles. The van der Waals surface area contributed by atoms with Crippen molar-refractivity contribution in [3.05, 3.63) is 0 Å². The first-order valence-corrected chi connectivity index (χ1v) is 29.2. The van der Waals surface area contributed by atoms with Crippen LogP contribution in [0.5, 0.6) is 0 Å². The minimum absolute atomic E-state index is 0.131. The number of aliphatic hydroxyl groups excluding tert-OH is 5. The predicted octanol–water partition coefficient (Wildman–Crippen LogP) is 14.2. The Kier molecular flexibility index (Phi) is 45.8. The van der Waals surface area contributed by atoms with Crippen LogP contribution in [-0.2, 0) is 14.3 Å². The molecule has 0 aromatic rings. The van der Waals surface area contributed by atoms with Crippen molar-refractivity contribution in [2.24, 2.45) is 0 Å². The largest absolute Gasteiger partial charge is 0.394 e. The second-order valence-corrected chi connectivity index (χ2v) is 20.8. The van der Waals surface area contributed by atoms with Gasteiger partial charge in [0, 0.05) is 6.42 Å². The third kappa shape index (κ3) is 37.1. The van der Waals surface area contributed by atoms with Gasteiger partial charge in [-0.2, -0.15) is 0 Å². The molecule has 1 fully saturated rings. The molecule has 1 rings (SSSR count). The van der Waals surface area contributed by atoms with Crippen molar-refractivity contribution in [2.45, 2.75) is 346 Å². The van der Waals surface area contributed by atoms with E-state index in [1.807, 2.05) is 0 Å². The molecule has 0 aromatic carbocycles. The lowest BCUT2D eigenvalue weighted by Crippen LogP contribution is -2.60. The number of amides is 1. The Bertz CT molecular complexity index is 1000. The number of hydrogen-bond acceptors (Lipinski definition) is 8. The summed E-state index contributed by atoms with van der Waals surface area (Å²) in [5.41, 5.74) is 0. The third-order valence-electron chi connectivity index (χ3n) is 14.5. The molecule has 0 radical (unpaired) electrons. The number of rotatable bonds is 51. The smallest absolute Gasteiger partial charge is 0.220 e. The molecule has 0 spiro atoms. The summed E-state index contributed by atoms with van der Waals surface area (Å²) in [5, 5.41) is 54.7. The highest BCUT2D eigenvalue weighted by Crippen LogP contribution is 2.23. The quantitative estimate of drug-likeness (QED) is 0.0330. The zero-order valence-electron chi connectivity index (χ0n) is 43.7. The molecule has 0 aromatic heterocycles. The number of aliphatic hydroxyl groups is 5. The van der Waals surface area contributed by atoms with E-state index < -0.39 is 49.5 Å². The highest BCUT2D eigenvalue weighted by Gasteiger charge is 2.44. The first-order valence-electron chi connectivity index (χ1n) is 29.2. The van der Waals surface area contributed by atoms with E-state index in [1.54, 1.807) is 0 Å². The molecule has 6 N–H and O–H groups in total. The van der Waals surface area contributed by atoms with Crippen LogP contribution in [-0.4, -0.2) is 87.5 Å². The molecule has 1 aliphatic heterocycles. The normalized spacial score (nSPS) is 19.7. The molecule has 0 aliphatic carbocycles. The molecule has 1 heterocycles. The maximum Gasteiger partial charge on any atom is 0.220 e. The summed E-state index contributed by atoms with van der Waals surface area (Å²) in [5.74, 6) is -0.137. The van der Waals surface area contributed by atoms with Gasteiger partial charge < -0.3 is 40.3 Å². The zero-order valence-corrected chi connectivity index (χ0v) is 43.7. The van der Waals surface area contributed by atoms with Gasteiger partial charge in [0.2, 0.25) is 5.91 Å². The van der Waals surface area contributed by atoms with Crippen molar-refractivity contribution in [2.75, 3.05) is 13.2 Å². The Hall–Kier alpha value is -0.810. The van der Waals surface area contributed by atoms with Gasteiger partial charge >= 0.3 is 0 Å². The number of carbonyl (C=O) groups is 1. The summed E-state index contributed by atoms with van der Waals surface area (Å²) in [6.07, 6.45) is 49.9. The Labute approximate surface area is 408 Å². The molecular weight excluding hydrogens is 827 g/mol. The van der Waals surface area contributed by atoms with Crippen LogP contribution in [0, 0.1) is 0 Å². The SMILES string of the molecule is CCCCCCCCCCCCCCCCCCCCCCCCCCCCC(O)C(COC1OC(CO)C(O)C(O)C1O)NC(=O)CCCCCCCCCCCCCCCCCCC. The number of ether oxygens (including phenoxy) is 2. The standard InChI is InChI=1S/C57H113NO8/c1-3-5-7-9-11-13-15-17-19-21-22-23-24-25-26-27-28-29-31-32-34-36-38-40-42-44-46-51(60)50(49-65-57-56(64)55(63)54(62)52(48-59)66-57)58-53(61)47-45-43-41-39-37-35-33-30-20-18-16-14-12-10-8-6-4-2/h50-52,54-57,59-60,62-64H,3-49H2,1-2H3,(H,58,61). The second-order valence-electron chi connectivity index (χ2n) is 20.8. The average Bonchev–Trinajstić information content (AvgIpc) is 3.32. The first kappa shape index (κ1) is 63.2. The van der Waals surface area contributed by atoms with Crippen LogP contribution in [0.4, 0.5) is 0 Å². The topological polar surface area (TPSA) is 149 Å². The van der Waals surface area contributed by atoms with Crippen molar-refractivity contribution >= 4 is 5.91 Å². The molecule has 66 heavy (non-hydrogen) atoms. The molecule has 0 bridgehead atoms. The summed E-state index contributed by atoms with van der Waals surface area (Å²) in [6, 6.07) is -0.713. The van der Waals surface area contributed by atoms with Crippen LogP contribution >= 0.6 is 0 Å². The van der Waals surface area contributed by atoms with Crippen LogP contribution in [0.2, 0.25) is 0 Å². The van der Waals surface area contributed by atoms with Gasteiger partial charge in [0.1, 0.15) is 24.4 Å². The molecule has 9 heteroatoms. The molecule has 1 amide bonds. The fourth-order valence-electron chi connectivity index (χ4n) is 9.81. The van der Waals surface area contributed by atoms with E-state index in [-0.39, 0.29) is 12.5 Å². The summed E-state index contributed by atoms with van der Waals surface area (Å²) in [6.45, 7) is 3.89. The lowest BCUT2D eigenvalue weighted by Gasteiger charge is -2.40. The van der Waals surface area contributed by atoms with E-state index in [2.05, 4.69) is 19.2 Å². The van der Waals surface area contributed by atoms with Crippen molar-refractivity contribution in [1.29, 1.82) is 0 Å². The van der Waals surface area contributed by atoms with E-state index in [1.165, 1.54) is 238 Å². The minimum Gasteiger partial charge on any atom is -0.394 e. The van der Waals surface area contributed by atoms with Gasteiger partial charge in [-0.3, -0.25) is 4.79 Å². The molecule has 0 saturated carbocycles. The zero-order chi connectivity index (χ0) is 48.0. The van der Waals surface area contributed by atoms with Crippen molar-refractivity contribution in [1.82, 2.24) is 5.32 Å². The highest BCUT2D eigenvalue weighted by atomic mass is 16.7. The van der Waals surface area contributed by atoms with Gasteiger partial charge in [-0.15, -0.1) is 0 Å². The summed E-state index contributed by atoms with van der Waals surface area (Å²) in [4.78, 5) is 13.1. The van der Waals surface area contributed by atoms with Gasteiger partial charge in [-0.05, 0) is 12.8 Å². The van der Waals surface area contributed by atoms with Gasteiger partial charge in [-0.25, -0.2) is 0 Å². The van der Waals surface area contributed by atoms with Gasteiger partial charge in [0.25, 0.3) is 0 Å². The summed E-state index contributed by atoms with van der Waals surface area (Å²) < 4.78 is 11.3. The maximum absolute atomic E-state index is 13.1. The van der Waals surface area contributed by atoms with Crippen LogP contribution in [0.25, 0.3) is 0 Å². The van der Waals surface area contributed by atoms with Crippen molar-refractivity contribution < 1.29 is 39.8 Å². The number of hydrogen-bond donors (Lipinski definition) is 6. The molecule has 7 atom stereocenters. The number of carbonyl (C=O) groups excluding carboxylic acids is 1. The van der Waals surface area contributed by atoms with E-state index in [0.717, 1.165) is 38.5 Å². The molecule has 9 nitrogen and oxygen atoms in total. The molecule has 394 valence electrons. The Morgan fingerprint density at radius 1 is 0.455 bits per heavy atom. The number of nitrogens with one attached hydrogen (secondary N) is 1. The number of unbranched alkanes of at least 4 members (excludes halogenated alkanes) is 41. The lowest BCUT2D eigenvalue weighted by molar-refractivity contribution is -0.302. The van der Waals surface area contributed by atoms with E-state index >= 15 is 0 Å². The molecular formula is C57H113NO8. The van der Waals surface area contributed by atoms with Crippen LogP contribution in [0.3, 0.4) is 0 Å². The van der Waals surface area contributed by atoms with Gasteiger partial charge in [-0.1, -0.05) is 284 Å². The van der Waals surface area contributed by atoms with Gasteiger partial charge in [0.15, 0.2) is 6.29 Å². The Balaban J connectivity index is 2.17. The lowest BCUT2D eigenvalue weighted by atomic mass is 9.99. The van der Waals surface area contributed by atoms with E-state index in [9.17, 15) is 30.3 Å². The first-order chi connectivity index (χ1) is 32.3. The highest BCUT2D eigenvalue weighted by molar-refractivity contribution is 5.76. The van der Waals surface area contributed by atoms with Crippen molar-refractivity contribution in [3.63, 3.8) is 0 Å². The predicted molar refractivity (Wildman–Crippen MR) is 277 cm³/mol. The Morgan fingerprint density at radius 2 is 0.758 bits per heavy atom. The maximum atomic E-state index is 13.1. The third-order valence-corrected chi connectivity index (χ3v) is 14.5. The molecule has 7 unspecified atom stereocenters. The van der Waals surface area contributed by atoms with Crippen LogP contribution in [0.15, 0.2) is 0 Å². The van der Waals surface area contributed by atoms with Crippen LogP contribution < -0.4 is 5.32 Å².